The van der Waals surface area contributed by atoms with Gasteiger partial charge in [-0.25, -0.2) is 9.97 Å². The zero-order chi connectivity index (χ0) is 32.4. The Hall–Kier alpha value is -5.84. The molecule has 0 saturated heterocycles. The summed E-state index contributed by atoms with van der Waals surface area (Å²) in [6.07, 6.45) is 0. The molecule has 49 heavy (non-hydrogen) atoms. The van der Waals surface area contributed by atoms with E-state index in [1.807, 2.05) is 6.07 Å². The Morgan fingerprint density at radius 1 is 0.531 bits per heavy atom. The maximum Gasteiger partial charge on any atom is 0.162 e. The quantitative estimate of drug-likeness (QED) is 0.176. The highest BCUT2D eigenvalue weighted by atomic mass is 32.1. The van der Waals surface area contributed by atoms with Gasteiger partial charge in [-0.1, -0.05) is 117 Å². The Balaban J connectivity index is 1.23. The van der Waals surface area contributed by atoms with Crippen LogP contribution in [0, 0.1) is 0 Å². The van der Waals surface area contributed by atoms with Crippen molar-refractivity contribution in [2.45, 2.75) is 19.3 Å². The van der Waals surface area contributed by atoms with E-state index >= 15 is 0 Å². The van der Waals surface area contributed by atoms with Crippen LogP contribution in [-0.4, -0.2) is 9.97 Å². The van der Waals surface area contributed by atoms with Crippen LogP contribution in [0.2, 0.25) is 0 Å². The van der Waals surface area contributed by atoms with Crippen LogP contribution in [-0.2, 0) is 5.41 Å². The van der Waals surface area contributed by atoms with Gasteiger partial charge in [-0.05, 0) is 74.1 Å². The molecule has 0 N–H and O–H groups in total. The van der Waals surface area contributed by atoms with Crippen LogP contribution in [0.15, 0.2) is 138 Å². The number of benzene rings is 7. The molecule has 230 valence electrons. The zero-order valence-corrected chi connectivity index (χ0v) is 27.7. The number of aromatic nitrogens is 2. The molecule has 10 aromatic rings. The minimum Gasteiger partial charge on any atom is -0.456 e. The average molecular weight is 645 g/mol. The maximum atomic E-state index is 6.39. The molecule has 11 rings (SSSR count). The number of furan rings is 1. The van der Waals surface area contributed by atoms with E-state index in [2.05, 4.69) is 141 Å². The fraction of sp³-hybridized carbons (Fsp3) is 0.0667. The van der Waals surface area contributed by atoms with E-state index in [1.165, 1.54) is 48.5 Å². The highest BCUT2D eigenvalue weighted by molar-refractivity contribution is 7.25. The first-order valence-electron chi connectivity index (χ1n) is 16.7. The van der Waals surface area contributed by atoms with E-state index in [0.29, 0.717) is 0 Å². The molecule has 4 heteroatoms. The second-order valence-electron chi connectivity index (χ2n) is 13.7. The average Bonchev–Trinajstić information content (AvgIpc) is 3.77. The van der Waals surface area contributed by atoms with Gasteiger partial charge in [0, 0.05) is 42.8 Å². The Kier molecular flexibility index (Phi) is 5.33. The zero-order valence-electron chi connectivity index (χ0n) is 26.9. The summed E-state index contributed by atoms with van der Waals surface area (Å²) in [6.45, 7) is 4.69. The van der Waals surface area contributed by atoms with Crippen LogP contribution in [0.5, 0.6) is 0 Å². The smallest absolute Gasteiger partial charge is 0.162 e. The lowest BCUT2D eigenvalue weighted by molar-refractivity contribution is 0.648. The molecular weight excluding hydrogens is 617 g/mol. The highest BCUT2D eigenvalue weighted by Crippen LogP contribution is 2.55. The summed E-state index contributed by atoms with van der Waals surface area (Å²) in [6, 6.07) is 47.9. The van der Waals surface area contributed by atoms with Gasteiger partial charge in [0.25, 0.3) is 0 Å². The Morgan fingerprint density at radius 3 is 2.12 bits per heavy atom. The fourth-order valence-electron chi connectivity index (χ4n) is 8.47. The SMILES string of the molecule is CC1(C)c2cc3oc4ccccc4c3cc2-c2cccc(-c3nc(-c4cc5ccccc5c5ccccc45)nc4sc5ccccc5c34)c21. The minimum atomic E-state index is -0.284. The summed E-state index contributed by atoms with van der Waals surface area (Å²) in [5.41, 5.74) is 9.87. The van der Waals surface area contributed by atoms with Crippen LogP contribution in [0.25, 0.3) is 97.6 Å². The number of fused-ring (bicyclic) bond motifs is 12. The maximum absolute atomic E-state index is 6.39. The van der Waals surface area contributed by atoms with Crippen LogP contribution in [0.1, 0.15) is 25.0 Å². The summed E-state index contributed by atoms with van der Waals surface area (Å²) in [7, 11) is 0. The van der Waals surface area contributed by atoms with Crippen LogP contribution < -0.4 is 0 Å². The van der Waals surface area contributed by atoms with Gasteiger partial charge in [-0.2, -0.15) is 0 Å². The summed E-state index contributed by atoms with van der Waals surface area (Å²) < 4.78 is 7.61. The summed E-state index contributed by atoms with van der Waals surface area (Å²) >= 11 is 1.75. The molecule has 3 heterocycles. The molecule has 0 atom stereocenters. The van der Waals surface area contributed by atoms with Crippen molar-refractivity contribution >= 4 is 75.1 Å². The highest BCUT2D eigenvalue weighted by Gasteiger charge is 2.39. The Bertz CT molecular complexity index is 3040. The molecule has 0 radical (unpaired) electrons. The molecule has 0 spiro atoms. The molecule has 7 aromatic carbocycles. The lowest BCUT2D eigenvalue weighted by Gasteiger charge is -2.24. The van der Waals surface area contributed by atoms with Gasteiger partial charge in [-0.15, -0.1) is 11.3 Å². The van der Waals surface area contributed by atoms with Crippen molar-refractivity contribution in [2.24, 2.45) is 0 Å². The molecule has 1 aliphatic rings. The fourth-order valence-corrected chi connectivity index (χ4v) is 9.55. The molecule has 0 unspecified atom stereocenters. The molecule has 3 nitrogen and oxygen atoms in total. The summed E-state index contributed by atoms with van der Waals surface area (Å²) in [5, 5.41) is 9.42. The first kappa shape index (κ1) is 27.1. The van der Waals surface area contributed by atoms with Crippen molar-refractivity contribution in [3.63, 3.8) is 0 Å². The molecule has 0 bridgehead atoms. The lowest BCUT2D eigenvalue weighted by atomic mass is 9.79. The van der Waals surface area contributed by atoms with Gasteiger partial charge in [0.2, 0.25) is 0 Å². The topological polar surface area (TPSA) is 38.9 Å². The summed E-state index contributed by atoms with van der Waals surface area (Å²) in [5.74, 6) is 0.755. The lowest BCUT2D eigenvalue weighted by Crippen LogP contribution is -2.16. The van der Waals surface area contributed by atoms with Crippen LogP contribution in [0.3, 0.4) is 0 Å². The first-order valence-corrected chi connectivity index (χ1v) is 17.6. The van der Waals surface area contributed by atoms with Crippen molar-refractivity contribution in [3.8, 4) is 33.8 Å². The molecule has 0 saturated carbocycles. The third-order valence-electron chi connectivity index (χ3n) is 10.7. The number of nitrogens with zero attached hydrogens (tertiary/aromatic N) is 2. The van der Waals surface area contributed by atoms with Gasteiger partial charge in [0.15, 0.2) is 5.82 Å². The van der Waals surface area contributed by atoms with Crippen molar-refractivity contribution in [1.82, 2.24) is 9.97 Å². The van der Waals surface area contributed by atoms with E-state index in [4.69, 9.17) is 14.4 Å². The number of hydrogen-bond acceptors (Lipinski definition) is 4. The molecular formula is C45H28N2OS. The predicted octanol–water partition coefficient (Wildman–Crippen LogP) is 12.7. The molecule has 1 aliphatic carbocycles. The van der Waals surface area contributed by atoms with E-state index < -0.39 is 0 Å². The van der Waals surface area contributed by atoms with Gasteiger partial charge in [-0.3, -0.25) is 0 Å². The first-order chi connectivity index (χ1) is 24.0. The van der Waals surface area contributed by atoms with E-state index in [0.717, 1.165) is 60.2 Å². The normalized spacial score (nSPS) is 13.7. The summed E-state index contributed by atoms with van der Waals surface area (Å²) in [4.78, 5) is 11.9. The van der Waals surface area contributed by atoms with E-state index in [-0.39, 0.29) is 5.41 Å². The van der Waals surface area contributed by atoms with Crippen LogP contribution in [0.4, 0.5) is 0 Å². The van der Waals surface area contributed by atoms with Crippen molar-refractivity contribution < 1.29 is 4.42 Å². The van der Waals surface area contributed by atoms with Crippen molar-refractivity contribution in [1.29, 1.82) is 0 Å². The minimum absolute atomic E-state index is 0.284. The standard InChI is InChI=1S/C45H28N2OS/c1-45(2)36-24-38-34(29-16-7-9-20-37(29)48-38)23-33(36)30-18-11-19-32(41(30)45)42-40-31-17-8-10-21-39(31)49-44(40)47-43(46-42)35-22-25-12-3-4-13-26(25)27-14-5-6-15-28(27)35/h3-24H,1-2H3. The Morgan fingerprint density at radius 2 is 1.24 bits per heavy atom. The van der Waals surface area contributed by atoms with E-state index in [9.17, 15) is 0 Å². The van der Waals surface area contributed by atoms with E-state index in [1.54, 1.807) is 11.3 Å². The van der Waals surface area contributed by atoms with Gasteiger partial charge in [0.1, 0.15) is 16.0 Å². The van der Waals surface area contributed by atoms with Gasteiger partial charge < -0.3 is 4.42 Å². The monoisotopic (exact) mass is 644 g/mol. The second kappa shape index (κ2) is 9.62. The Labute approximate surface area is 286 Å². The van der Waals surface area contributed by atoms with Gasteiger partial charge in [0.05, 0.1) is 5.69 Å². The van der Waals surface area contributed by atoms with Crippen LogP contribution >= 0.6 is 11.3 Å². The third-order valence-corrected chi connectivity index (χ3v) is 11.7. The third kappa shape index (κ3) is 3.67. The molecule has 0 fully saturated rings. The molecule has 3 aromatic heterocycles. The number of thiophene rings is 1. The molecule has 0 aliphatic heterocycles. The number of hydrogen-bond donors (Lipinski definition) is 0. The number of rotatable bonds is 2. The molecule has 0 amide bonds. The van der Waals surface area contributed by atoms with Crippen molar-refractivity contribution in [3.05, 3.63) is 145 Å². The predicted molar refractivity (Wildman–Crippen MR) is 206 cm³/mol. The van der Waals surface area contributed by atoms with Crippen molar-refractivity contribution in [2.75, 3.05) is 0 Å². The second-order valence-corrected chi connectivity index (χ2v) is 14.7. The van der Waals surface area contributed by atoms with Gasteiger partial charge >= 0.3 is 0 Å². The largest absolute Gasteiger partial charge is 0.456 e. The number of para-hydroxylation sites is 1.